The van der Waals surface area contributed by atoms with Gasteiger partial charge in [-0.2, -0.15) is 5.10 Å². The number of hydrogen-bond donors (Lipinski definition) is 0. The first-order valence-electron chi connectivity index (χ1n) is 10.1. The summed E-state index contributed by atoms with van der Waals surface area (Å²) in [7, 11) is 0. The molecule has 0 spiro atoms. The van der Waals surface area contributed by atoms with Gasteiger partial charge >= 0.3 is 0 Å². The molecule has 5 nitrogen and oxygen atoms in total. The van der Waals surface area contributed by atoms with Crippen molar-refractivity contribution in [1.29, 1.82) is 0 Å². The summed E-state index contributed by atoms with van der Waals surface area (Å²) in [5, 5.41) is 4.46. The largest absolute Gasteiger partial charge is 0.303 e. The van der Waals surface area contributed by atoms with Crippen molar-refractivity contribution in [3.05, 3.63) is 102 Å². The summed E-state index contributed by atoms with van der Waals surface area (Å²) in [6.07, 6.45) is 3.53. The Hall–Kier alpha value is -3.73. The molecule has 0 fully saturated rings. The number of nitrogens with zero attached hydrogens (tertiary/aromatic N) is 4. The average molecular weight is 396 g/mol. The second kappa shape index (κ2) is 8.74. The van der Waals surface area contributed by atoms with Crippen LogP contribution < -0.4 is 4.90 Å². The van der Waals surface area contributed by atoms with Crippen LogP contribution in [0.3, 0.4) is 0 Å². The van der Waals surface area contributed by atoms with Crippen LogP contribution in [-0.2, 0) is 13.1 Å². The minimum atomic E-state index is -0.0773. The number of carbonyl (C=O) groups excluding carboxylic acids is 1. The maximum Gasteiger partial charge on any atom is 0.276 e. The summed E-state index contributed by atoms with van der Waals surface area (Å²) < 4.78 is 1.76. The van der Waals surface area contributed by atoms with E-state index in [1.807, 2.05) is 62.4 Å². The van der Waals surface area contributed by atoms with Gasteiger partial charge in [0.15, 0.2) is 0 Å². The van der Waals surface area contributed by atoms with Crippen molar-refractivity contribution in [3.8, 4) is 11.1 Å². The summed E-state index contributed by atoms with van der Waals surface area (Å²) in [6, 6.07) is 24.0. The van der Waals surface area contributed by atoms with Gasteiger partial charge in [-0.1, -0.05) is 48.5 Å². The highest BCUT2D eigenvalue weighted by Crippen LogP contribution is 2.27. The zero-order valence-corrected chi connectivity index (χ0v) is 17.2. The second-order valence-corrected chi connectivity index (χ2v) is 7.16. The fourth-order valence-electron chi connectivity index (χ4n) is 3.54. The van der Waals surface area contributed by atoms with Crippen LogP contribution >= 0.6 is 0 Å². The molecule has 0 radical (unpaired) electrons. The molecule has 30 heavy (non-hydrogen) atoms. The maximum atomic E-state index is 13.6. The van der Waals surface area contributed by atoms with Crippen LogP contribution in [0, 0.1) is 6.92 Å². The third-order valence-electron chi connectivity index (χ3n) is 4.99. The van der Waals surface area contributed by atoms with Gasteiger partial charge in [0.1, 0.15) is 5.69 Å². The topological polar surface area (TPSA) is 51.0 Å². The van der Waals surface area contributed by atoms with Crippen molar-refractivity contribution in [3.63, 3.8) is 0 Å². The quantitative estimate of drug-likeness (QED) is 0.454. The van der Waals surface area contributed by atoms with Gasteiger partial charge in [-0.15, -0.1) is 0 Å². The molecule has 1 amide bonds. The Morgan fingerprint density at radius 3 is 2.50 bits per heavy atom. The van der Waals surface area contributed by atoms with Crippen molar-refractivity contribution in [2.24, 2.45) is 0 Å². The highest BCUT2D eigenvalue weighted by molar-refractivity contribution is 6.05. The number of hydrogen-bond acceptors (Lipinski definition) is 3. The fourth-order valence-corrected chi connectivity index (χ4v) is 3.54. The molecule has 0 aliphatic carbocycles. The first-order valence-corrected chi connectivity index (χ1v) is 10.1. The minimum absolute atomic E-state index is 0.0773. The molecular weight excluding hydrogens is 372 g/mol. The third kappa shape index (κ3) is 4.15. The molecule has 2 heterocycles. The predicted molar refractivity (Wildman–Crippen MR) is 119 cm³/mol. The van der Waals surface area contributed by atoms with Crippen molar-refractivity contribution in [1.82, 2.24) is 14.8 Å². The molecule has 5 heteroatoms. The zero-order chi connectivity index (χ0) is 20.9. The average Bonchev–Trinajstić information content (AvgIpc) is 3.19. The summed E-state index contributed by atoms with van der Waals surface area (Å²) in [5.41, 5.74) is 5.41. The molecule has 0 unspecified atom stereocenters. The number of carbonyl (C=O) groups is 1. The lowest BCUT2D eigenvalue weighted by molar-refractivity contribution is 0.0975. The number of aromatic nitrogens is 3. The lowest BCUT2D eigenvalue weighted by Crippen LogP contribution is -2.32. The Labute approximate surface area is 176 Å². The molecule has 0 aliphatic heterocycles. The molecule has 4 rings (SSSR count). The second-order valence-electron chi connectivity index (χ2n) is 7.16. The van der Waals surface area contributed by atoms with E-state index in [1.165, 1.54) is 0 Å². The summed E-state index contributed by atoms with van der Waals surface area (Å²) in [5.74, 6) is -0.0773. The Morgan fingerprint density at radius 2 is 1.77 bits per heavy atom. The minimum Gasteiger partial charge on any atom is -0.303 e. The van der Waals surface area contributed by atoms with E-state index >= 15 is 0 Å². The van der Waals surface area contributed by atoms with E-state index < -0.39 is 0 Å². The van der Waals surface area contributed by atoms with Crippen LogP contribution in [0.15, 0.2) is 85.2 Å². The first-order chi connectivity index (χ1) is 14.7. The number of benzene rings is 2. The highest BCUT2D eigenvalue weighted by atomic mass is 16.2. The van der Waals surface area contributed by atoms with Crippen LogP contribution in [-0.4, -0.2) is 20.7 Å². The molecule has 0 aliphatic rings. The molecule has 2 aromatic heterocycles. The van der Waals surface area contributed by atoms with Crippen molar-refractivity contribution >= 4 is 11.6 Å². The van der Waals surface area contributed by atoms with Gasteiger partial charge in [0, 0.05) is 24.6 Å². The van der Waals surface area contributed by atoms with Crippen LogP contribution in [0.1, 0.15) is 28.7 Å². The van der Waals surface area contributed by atoms with E-state index in [9.17, 15) is 4.79 Å². The molecule has 2 aromatic carbocycles. The zero-order valence-electron chi connectivity index (χ0n) is 17.2. The number of amides is 1. The molecular formula is C25H24N4O. The van der Waals surface area contributed by atoms with Gasteiger partial charge in [-0.25, -0.2) is 0 Å². The van der Waals surface area contributed by atoms with Crippen LogP contribution in [0.5, 0.6) is 0 Å². The van der Waals surface area contributed by atoms with E-state index in [-0.39, 0.29) is 5.91 Å². The lowest BCUT2D eigenvalue weighted by Gasteiger charge is -2.24. The van der Waals surface area contributed by atoms with Gasteiger partial charge in [0.25, 0.3) is 5.91 Å². The van der Waals surface area contributed by atoms with Crippen LogP contribution in [0.4, 0.5) is 5.69 Å². The van der Waals surface area contributed by atoms with Crippen molar-refractivity contribution in [2.45, 2.75) is 26.9 Å². The van der Waals surface area contributed by atoms with E-state index in [1.54, 1.807) is 22.0 Å². The maximum absolute atomic E-state index is 13.6. The van der Waals surface area contributed by atoms with Crippen molar-refractivity contribution in [2.75, 3.05) is 4.90 Å². The molecule has 0 N–H and O–H groups in total. The Morgan fingerprint density at radius 1 is 0.967 bits per heavy atom. The smallest absolute Gasteiger partial charge is 0.276 e. The Kier molecular flexibility index (Phi) is 5.70. The third-order valence-corrected chi connectivity index (χ3v) is 4.99. The Bertz CT molecular complexity index is 1140. The number of anilines is 1. The van der Waals surface area contributed by atoms with Crippen LogP contribution in [0.25, 0.3) is 11.1 Å². The monoisotopic (exact) mass is 396 g/mol. The molecule has 0 saturated carbocycles. The van der Waals surface area contributed by atoms with Gasteiger partial charge in [0.05, 0.1) is 12.2 Å². The summed E-state index contributed by atoms with van der Waals surface area (Å²) >= 11 is 0. The summed E-state index contributed by atoms with van der Waals surface area (Å²) in [6.45, 7) is 4.97. The first kappa shape index (κ1) is 19.6. The lowest BCUT2D eigenvalue weighted by atomic mass is 10.0. The molecule has 150 valence electrons. The van der Waals surface area contributed by atoms with Crippen LogP contribution in [0.2, 0.25) is 0 Å². The normalized spacial score (nSPS) is 10.7. The predicted octanol–water partition coefficient (Wildman–Crippen LogP) is 5.12. The van der Waals surface area contributed by atoms with E-state index in [2.05, 4.69) is 34.3 Å². The van der Waals surface area contributed by atoms with Gasteiger partial charge in [0.2, 0.25) is 0 Å². The van der Waals surface area contributed by atoms with E-state index in [0.29, 0.717) is 18.8 Å². The number of pyridine rings is 1. The molecule has 4 aromatic rings. The Balaban J connectivity index is 1.77. The molecule has 0 bridgehead atoms. The van der Waals surface area contributed by atoms with Gasteiger partial charge < -0.3 is 4.90 Å². The standard InChI is InChI=1S/C25H24N4O/c1-3-29-24(15-19(2)27-29)25(30)28(18-20-9-8-14-26-17-20)23-13-7-12-22(16-23)21-10-5-4-6-11-21/h4-17H,3,18H2,1-2H3. The van der Waals surface area contributed by atoms with Gasteiger partial charge in [-0.3, -0.25) is 14.5 Å². The van der Waals surface area contributed by atoms with Crippen molar-refractivity contribution < 1.29 is 4.79 Å². The van der Waals surface area contributed by atoms with Gasteiger partial charge in [-0.05, 0) is 54.8 Å². The van der Waals surface area contributed by atoms with E-state index in [4.69, 9.17) is 0 Å². The molecule has 0 atom stereocenters. The van der Waals surface area contributed by atoms with E-state index in [0.717, 1.165) is 28.1 Å². The highest BCUT2D eigenvalue weighted by Gasteiger charge is 2.22. The summed E-state index contributed by atoms with van der Waals surface area (Å²) in [4.78, 5) is 19.6. The molecule has 0 saturated heterocycles. The number of aryl methyl sites for hydroxylation is 2. The SMILES string of the molecule is CCn1nc(C)cc1C(=O)N(Cc1cccnc1)c1cccc(-c2ccccc2)c1. The fraction of sp³-hybridized carbons (Fsp3) is 0.160. The number of rotatable bonds is 6.